The smallest absolute Gasteiger partial charge is 0.233 e. The monoisotopic (exact) mass is 355 g/mol. The number of amides is 1. The van der Waals surface area contributed by atoms with Crippen LogP contribution in [-0.2, 0) is 11.3 Å². The molecule has 0 aliphatic carbocycles. The third kappa shape index (κ3) is 5.31. The number of piperidine rings is 1. The summed E-state index contributed by atoms with van der Waals surface area (Å²) in [6.45, 7) is 2.62. The van der Waals surface area contributed by atoms with Crippen molar-refractivity contribution in [3.63, 3.8) is 0 Å². The lowest BCUT2D eigenvalue weighted by atomic mass is 10.0. The minimum atomic E-state index is 0.216. The molecule has 1 aromatic carbocycles. The van der Waals surface area contributed by atoms with E-state index in [1.54, 1.807) is 6.20 Å². The van der Waals surface area contributed by atoms with E-state index in [4.69, 9.17) is 0 Å². The van der Waals surface area contributed by atoms with Crippen LogP contribution in [-0.4, -0.2) is 52.6 Å². The summed E-state index contributed by atoms with van der Waals surface area (Å²) in [5.41, 5.74) is 1.32. The number of likely N-dealkylation sites (tertiary alicyclic amines) is 1. The SMILES string of the molecule is CN(Cc1ccccc1)C1CCCN(C(=O)CSc2ccccn2)C1. The van der Waals surface area contributed by atoms with E-state index in [1.807, 2.05) is 29.2 Å². The highest BCUT2D eigenvalue weighted by molar-refractivity contribution is 7.99. The maximum Gasteiger partial charge on any atom is 0.233 e. The lowest BCUT2D eigenvalue weighted by Gasteiger charge is -2.37. The molecule has 0 saturated carbocycles. The molecule has 0 spiro atoms. The molecule has 0 N–H and O–H groups in total. The molecule has 2 heterocycles. The fourth-order valence-corrected chi connectivity index (χ4v) is 3.97. The number of carbonyl (C=O) groups is 1. The Morgan fingerprint density at radius 2 is 2.04 bits per heavy atom. The number of hydrogen-bond acceptors (Lipinski definition) is 4. The van der Waals surface area contributed by atoms with Crippen molar-refractivity contribution >= 4 is 17.7 Å². The number of hydrogen-bond donors (Lipinski definition) is 0. The first-order valence-electron chi connectivity index (χ1n) is 8.78. The lowest BCUT2D eigenvalue weighted by Crippen LogP contribution is -2.48. The summed E-state index contributed by atoms with van der Waals surface area (Å²) in [5.74, 6) is 0.681. The van der Waals surface area contributed by atoms with Crippen molar-refractivity contribution < 1.29 is 4.79 Å². The predicted molar refractivity (Wildman–Crippen MR) is 102 cm³/mol. The molecule has 2 aromatic rings. The van der Waals surface area contributed by atoms with Gasteiger partial charge in [-0.25, -0.2) is 4.98 Å². The summed E-state index contributed by atoms with van der Waals surface area (Å²) in [4.78, 5) is 21.2. The van der Waals surface area contributed by atoms with Crippen molar-refractivity contribution in [1.82, 2.24) is 14.8 Å². The molecule has 1 aromatic heterocycles. The Bertz CT molecular complexity index is 665. The number of benzene rings is 1. The molecule has 4 nitrogen and oxygen atoms in total. The number of pyridine rings is 1. The largest absolute Gasteiger partial charge is 0.340 e. The van der Waals surface area contributed by atoms with E-state index < -0.39 is 0 Å². The second kappa shape index (κ2) is 9.02. The van der Waals surface area contributed by atoms with E-state index >= 15 is 0 Å². The van der Waals surface area contributed by atoms with Crippen LogP contribution in [0.2, 0.25) is 0 Å². The van der Waals surface area contributed by atoms with Crippen LogP contribution in [0.1, 0.15) is 18.4 Å². The Morgan fingerprint density at radius 1 is 1.24 bits per heavy atom. The maximum atomic E-state index is 12.6. The van der Waals surface area contributed by atoms with Gasteiger partial charge in [0, 0.05) is 31.9 Å². The predicted octanol–water partition coefficient (Wildman–Crippen LogP) is 3.30. The molecule has 1 fully saturated rings. The van der Waals surface area contributed by atoms with Gasteiger partial charge in [-0.1, -0.05) is 48.2 Å². The van der Waals surface area contributed by atoms with Crippen molar-refractivity contribution in [2.45, 2.75) is 30.5 Å². The third-order valence-electron chi connectivity index (χ3n) is 4.63. The summed E-state index contributed by atoms with van der Waals surface area (Å²) in [6.07, 6.45) is 3.99. The van der Waals surface area contributed by atoms with Crippen LogP contribution in [0.5, 0.6) is 0 Å². The molecule has 5 heteroatoms. The molecule has 1 unspecified atom stereocenters. The lowest BCUT2D eigenvalue weighted by molar-refractivity contribution is -0.130. The van der Waals surface area contributed by atoms with Gasteiger partial charge < -0.3 is 4.90 Å². The highest BCUT2D eigenvalue weighted by Gasteiger charge is 2.26. The van der Waals surface area contributed by atoms with Gasteiger partial charge in [-0.15, -0.1) is 0 Å². The average Bonchev–Trinajstić information content (AvgIpc) is 2.68. The molecule has 0 bridgehead atoms. The van der Waals surface area contributed by atoms with E-state index in [1.165, 1.54) is 17.3 Å². The number of nitrogens with zero attached hydrogens (tertiary/aromatic N) is 3. The Labute approximate surface area is 154 Å². The number of likely N-dealkylation sites (N-methyl/N-ethyl adjacent to an activating group) is 1. The standard InChI is InChI=1S/C20H25N3OS/c1-22(14-17-8-3-2-4-9-17)18-10-7-13-23(15-18)20(24)16-25-19-11-5-6-12-21-19/h2-6,8-9,11-12,18H,7,10,13-16H2,1H3. The van der Waals surface area contributed by atoms with Crippen LogP contribution in [0.4, 0.5) is 0 Å². The molecule has 1 saturated heterocycles. The van der Waals surface area contributed by atoms with Gasteiger partial charge in [-0.05, 0) is 37.6 Å². The summed E-state index contributed by atoms with van der Waals surface area (Å²) in [5, 5.41) is 0.908. The maximum absolute atomic E-state index is 12.6. The Morgan fingerprint density at radius 3 is 2.80 bits per heavy atom. The average molecular weight is 356 g/mol. The van der Waals surface area contributed by atoms with Gasteiger partial charge in [0.05, 0.1) is 10.8 Å². The highest BCUT2D eigenvalue weighted by atomic mass is 32.2. The molecule has 0 radical (unpaired) electrons. The molecular weight excluding hydrogens is 330 g/mol. The summed E-state index contributed by atoms with van der Waals surface area (Å²) >= 11 is 1.52. The fraction of sp³-hybridized carbons (Fsp3) is 0.400. The molecule has 1 atom stereocenters. The second-order valence-corrected chi connectivity index (χ2v) is 7.49. The minimum Gasteiger partial charge on any atom is -0.340 e. The van der Waals surface area contributed by atoms with Gasteiger partial charge in [-0.3, -0.25) is 9.69 Å². The van der Waals surface area contributed by atoms with Crippen molar-refractivity contribution in [3.05, 3.63) is 60.3 Å². The van der Waals surface area contributed by atoms with Crippen LogP contribution >= 0.6 is 11.8 Å². The van der Waals surface area contributed by atoms with E-state index in [2.05, 4.69) is 41.2 Å². The van der Waals surface area contributed by atoms with E-state index in [0.717, 1.165) is 37.5 Å². The van der Waals surface area contributed by atoms with Gasteiger partial charge in [0.25, 0.3) is 0 Å². The Kier molecular flexibility index (Phi) is 6.48. The van der Waals surface area contributed by atoms with Crippen LogP contribution in [0, 0.1) is 0 Å². The van der Waals surface area contributed by atoms with Crippen LogP contribution in [0.25, 0.3) is 0 Å². The first-order valence-corrected chi connectivity index (χ1v) is 9.76. The second-order valence-electron chi connectivity index (χ2n) is 6.49. The molecule has 3 rings (SSSR count). The van der Waals surface area contributed by atoms with E-state index in [0.29, 0.717) is 11.8 Å². The molecule has 132 valence electrons. The van der Waals surface area contributed by atoms with Gasteiger partial charge in [0.15, 0.2) is 0 Å². The van der Waals surface area contributed by atoms with Crippen molar-refractivity contribution in [1.29, 1.82) is 0 Å². The van der Waals surface area contributed by atoms with Crippen LogP contribution in [0.3, 0.4) is 0 Å². The minimum absolute atomic E-state index is 0.216. The number of aromatic nitrogens is 1. The van der Waals surface area contributed by atoms with Crippen molar-refractivity contribution in [3.8, 4) is 0 Å². The molecule has 1 aliphatic rings. The van der Waals surface area contributed by atoms with E-state index in [9.17, 15) is 4.79 Å². The zero-order valence-corrected chi connectivity index (χ0v) is 15.5. The number of rotatable bonds is 6. The normalized spacial score (nSPS) is 17.7. The Hall–Kier alpha value is -1.85. The zero-order chi connectivity index (χ0) is 17.5. The van der Waals surface area contributed by atoms with Gasteiger partial charge in [-0.2, -0.15) is 0 Å². The topological polar surface area (TPSA) is 36.4 Å². The van der Waals surface area contributed by atoms with Gasteiger partial charge >= 0.3 is 0 Å². The number of carbonyl (C=O) groups excluding carboxylic acids is 1. The summed E-state index contributed by atoms with van der Waals surface area (Å²) < 4.78 is 0. The molecule has 1 aliphatic heterocycles. The van der Waals surface area contributed by atoms with Crippen molar-refractivity contribution in [2.24, 2.45) is 0 Å². The Balaban J connectivity index is 1.50. The highest BCUT2D eigenvalue weighted by Crippen LogP contribution is 2.20. The molecule has 25 heavy (non-hydrogen) atoms. The fourth-order valence-electron chi connectivity index (χ4n) is 3.20. The van der Waals surface area contributed by atoms with Crippen LogP contribution in [0.15, 0.2) is 59.8 Å². The first kappa shape index (κ1) is 18.0. The zero-order valence-electron chi connectivity index (χ0n) is 14.7. The molecular formula is C20H25N3OS. The third-order valence-corrected chi connectivity index (χ3v) is 5.56. The summed E-state index contributed by atoms with van der Waals surface area (Å²) in [6, 6.07) is 16.7. The van der Waals surface area contributed by atoms with E-state index in [-0.39, 0.29) is 5.91 Å². The number of thioether (sulfide) groups is 1. The van der Waals surface area contributed by atoms with Crippen molar-refractivity contribution in [2.75, 3.05) is 25.9 Å². The molecule has 1 amide bonds. The first-order chi connectivity index (χ1) is 12.2. The van der Waals surface area contributed by atoms with Gasteiger partial charge in [0.2, 0.25) is 5.91 Å². The summed E-state index contributed by atoms with van der Waals surface area (Å²) in [7, 11) is 2.16. The quantitative estimate of drug-likeness (QED) is 0.745. The van der Waals surface area contributed by atoms with Gasteiger partial charge in [0.1, 0.15) is 0 Å². The van der Waals surface area contributed by atoms with Crippen LogP contribution < -0.4 is 0 Å².